The molecule has 2 N–H and O–H groups in total. The van der Waals surface area contributed by atoms with Crippen LogP contribution in [0.1, 0.15) is 21.6 Å². The fourth-order valence-electron chi connectivity index (χ4n) is 2.28. The van der Waals surface area contributed by atoms with Crippen LogP contribution in [0, 0.1) is 6.92 Å². The number of aryl methyl sites for hydroxylation is 1. The first kappa shape index (κ1) is 17.1. The van der Waals surface area contributed by atoms with Gasteiger partial charge in [0.2, 0.25) is 0 Å². The van der Waals surface area contributed by atoms with Gasteiger partial charge < -0.3 is 10.6 Å². The molecule has 0 unspecified atom stereocenters. The Morgan fingerprint density at radius 3 is 2.56 bits per heavy atom. The normalized spacial score (nSPS) is 10.3. The molecule has 0 bridgehead atoms. The number of nitrogens with zero attached hydrogens (tertiary/aromatic N) is 2. The Morgan fingerprint density at radius 2 is 1.88 bits per heavy atom. The van der Waals surface area contributed by atoms with Crippen molar-refractivity contribution in [3.8, 4) is 0 Å². The van der Waals surface area contributed by atoms with Gasteiger partial charge in [-0.15, -0.1) is 0 Å². The van der Waals surface area contributed by atoms with Gasteiger partial charge in [0.1, 0.15) is 11.5 Å². The van der Waals surface area contributed by atoms with Crippen LogP contribution in [-0.2, 0) is 6.54 Å². The molecule has 3 rings (SSSR count). The van der Waals surface area contributed by atoms with Crippen LogP contribution in [0.15, 0.2) is 65.4 Å². The maximum Gasteiger partial charge on any atom is 0.275 e. The van der Waals surface area contributed by atoms with Crippen molar-refractivity contribution in [3.63, 3.8) is 0 Å². The number of nitrogens with one attached hydrogen (secondary N) is 2. The van der Waals surface area contributed by atoms with Gasteiger partial charge in [-0.2, -0.15) is 0 Å². The molecule has 0 radical (unpaired) electrons. The number of hydrogen-bond acceptors (Lipinski definition) is 4. The van der Waals surface area contributed by atoms with Crippen LogP contribution < -0.4 is 10.6 Å². The topological polar surface area (TPSA) is 66.9 Å². The molecule has 1 amide bonds. The highest BCUT2D eigenvalue weighted by Gasteiger charge is 2.10. The van der Waals surface area contributed by atoms with Gasteiger partial charge in [-0.25, -0.2) is 9.97 Å². The zero-order chi connectivity index (χ0) is 17.6. The summed E-state index contributed by atoms with van der Waals surface area (Å²) in [4.78, 5) is 20.7. The standard InChI is InChI=1S/C19H17BrN4O/c1-13-9-15(20)7-8-16(13)24-19(25)17-11-23-18(12-21-17)22-10-14-5-3-2-4-6-14/h2-9,11-12H,10H2,1H3,(H,22,23)(H,24,25). The van der Waals surface area contributed by atoms with E-state index in [0.717, 1.165) is 21.3 Å². The first-order valence-corrected chi connectivity index (χ1v) is 8.58. The summed E-state index contributed by atoms with van der Waals surface area (Å²) in [6.07, 6.45) is 3.03. The molecule has 0 saturated heterocycles. The molecule has 25 heavy (non-hydrogen) atoms. The van der Waals surface area contributed by atoms with Crippen LogP contribution in [0.5, 0.6) is 0 Å². The number of benzene rings is 2. The number of carbonyl (C=O) groups excluding carboxylic acids is 1. The van der Waals surface area contributed by atoms with Crippen molar-refractivity contribution in [2.75, 3.05) is 10.6 Å². The molecule has 5 nitrogen and oxygen atoms in total. The third-order valence-corrected chi connectivity index (χ3v) is 4.13. The number of anilines is 2. The van der Waals surface area contributed by atoms with E-state index in [4.69, 9.17) is 0 Å². The molecule has 0 aliphatic carbocycles. The summed E-state index contributed by atoms with van der Waals surface area (Å²) in [6, 6.07) is 15.7. The second kappa shape index (κ2) is 7.90. The lowest BCUT2D eigenvalue weighted by molar-refractivity contribution is 0.102. The van der Waals surface area contributed by atoms with Crippen LogP contribution in [0.4, 0.5) is 11.5 Å². The zero-order valence-corrected chi connectivity index (χ0v) is 15.2. The third kappa shape index (κ3) is 4.64. The summed E-state index contributed by atoms with van der Waals surface area (Å²) < 4.78 is 0.969. The fraction of sp³-hybridized carbons (Fsp3) is 0.105. The molecule has 0 aliphatic heterocycles. The highest BCUT2D eigenvalue weighted by Crippen LogP contribution is 2.20. The van der Waals surface area contributed by atoms with E-state index in [9.17, 15) is 4.79 Å². The van der Waals surface area contributed by atoms with Gasteiger partial charge in [0.15, 0.2) is 0 Å². The summed E-state index contributed by atoms with van der Waals surface area (Å²) in [5.41, 5.74) is 3.14. The van der Waals surface area contributed by atoms with Gasteiger partial charge in [0.25, 0.3) is 5.91 Å². The van der Waals surface area contributed by atoms with Crippen molar-refractivity contribution < 1.29 is 4.79 Å². The van der Waals surface area contributed by atoms with E-state index in [1.54, 1.807) is 6.20 Å². The monoisotopic (exact) mass is 396 g/mol. The van der Waals surface area contributed by atoms with Crippen molar-refractivity contribution in [1.29, 1.82) is 0 Å². The lowest BCUT2D eigenvalue weighted by Crippen LogP contribution is -2.15. The maximum atomic E-state index is 12.3. The van der Waals surface area contributed by atoms with Crippen molar-refractivity contribution in [2.24, 2.45) is 0 Å². The molecule has 0 saturated carbocycles. The number of carbonyl (C=O) groups is 1. The minimum atomic E-state index is -0.285. The SMILES string of the molecule is Cc1cc(Br)ccc1NC(=O)c1cnc(NCc2ccccc2)cn1. The minimum Gasteiger partial charge on any atom is -0.365 e. The molecule has 1 heterocycles. The Balaban J connectivity index is 1.62. The number of aromatic nitrogens is 2. The summed E-state index contributed by atoms with van der Waals surface area (Å²) in [6.45, 7) is 2.59. The van der Waals surface area contributed by atoms with Crippen molar-refractivity contribution in [2.45, 2.75) is 13.5 Å². The lowest BCUT2D eigenvalue weighted by Gasteiger charge is -2.09. The van der Waals surface area contributed by atoms with Gasteiger partial charge in [-0.05, 0) is 36.2 Å². The summed E-state index contributed by atoms with van der Waals surface area (Å²) in [5.74, 6) is 0.341. The van der Waals surface area contributed by atoms with Gasteiger partial charge in [0, 0.05) is 16.7 Å². The van der Waals surface area contributed by atoms with Crippen LogP contribution in [0.3, 0.4) is 0 Å². The maximum absolute atomic E-state index is 12.3. The van der Waals surface area contributed by atoms with Gasteiger partial charge >= 0.3 is 0 Å². The predicted molar refractivity (Wildman–Crippen MR) is 103 cm³/mol. The van der Waals surface area contributed by atoms with E-state index in [-0.39, 0.29) is 11.6 Å². The molecule has 6 heteroatoms. The third-order valence-electron chi connectivity index (χ3n) is 3.64. The molecule has 126 valence electrons. The fourth-order valence-corrected chi connectivity index (χ4v) is 2.75. The van der Waals surface area contributed by atoms with Crippen LogP contribution >= 0.6 is 15.9 Å². The average Bonchev–Trinajstić information content (AvgIpc) is 2.63. The number of amides is 1. The number of hydrogen-bond donors (Lipinski definition) is 2. The quantitative estimate of drug-likeness (QED) is 0.669. The molecule has 2 aromatic carbocycles. The molecule has 3 aromatic rings. The first-order valence-electron chi connectivity index (χ1n) is 7.79. The molecule has 0 atom stereocenters. The number of rotatable bonds is 5. The van der Waals surface area contributed by atoms with E-state index in [1.165, 1.54) is 6.20 Å². The lowest BCUT2D eigenvalue weighted by atomic mass is 10.2. The molecule has 0 fully saturated rings. The summed E-state index contributed by atoms with van der Waals surface area (Å²) in [7, 11) is 0. The Morgan fingerprint density at radius 1 is 1.08 bits per heavy atom. The second-order valence-corrected chi connectivity index (χ2v) is 6.46. The van der Waals surface area contributed by atoms with Gasteiger partial charge in [-0.3, -0.25) is 4.79 Å². The Kier molecular flexibility index (Phi) is 5.40. The number of halogens is 1. The van der Waals surface area contributed by atoms with Crippen LogP contribution in [-0.4, -0.2) is 15.9 Å². The molecule has 1 aromatic heterocycles. The second-order valence-electron chi connectivity index (χ2n) is 5.54. The van der Waals surface area contributed by atoms with E-state index in [0.29, 0.717) is 12.4 Å². The average molecular weight is 397 g/mol. The van der Waals surface area contributed by atoms with E-state index in [1.807, 2.05) is 55.5 Å². The zero-order valence-electron chi connectivity index (χ0n) is 13.7. The van der Waals surface area contributed by atoms with Crippen molar-refractivity contribution in [3.05, 3.63) is 82.2 Å². The molecule has 0 aliphatic rings. The predicted octanol–water partition coefficient (Wildman–Crippen LogP) is 4.41. The van der Waals surface area contributed by atoms with E-state index >= 15 is 0 Å². The first-order chi connectivity index (χ1) is 12.1. The smallest absolute Gasteiger partial charge is 0.275 e. The highest BCUT2D eigenvalue weighted by molar-refractivity contribution is 9.10. The highest BCUT2D eigenvalue weighted by atomic mass is 79.9. The molecular formula is C19H17BrN4O. The Bertz CT molecular complexity index is 866. The van der Waals surface area contributed by atoms with Gasteiger partial charge in [0.05, 0.1) is 12.4 Å². The molecular weight excluding hydrogens is 380 g/mol. The van der Waals surface area contributed by atoms with Crippen LogP contribution in [0.2, 0.25) is 0 Å². The van der Waals surface area contributed by atoms with Crippen molar-refractivity contribution in [1.82, 2.24) is 9.97 Å². The van der Waals surface area contributed by atoms with Gasteiger partial charge in [-0.1, -0.05) is 46.3 Å². The van der Waals surface area contributed by atoms with Crippen LogP contribution in [0.25, 0.3) is 0 Å². The minimum absolute atomic E-state index is 0.271. The summed E-state index contributed by atoms with van der Waals surface area (Å²) >= 11 is 3.40. The van der Waals surface area contributed by atoms with Crippen molar-refractivity contribution >= 4 is 33.3 Å². The summed E-state index contributed by atoms with van der Waals surface area (Å²) in [5, 5.41) is 6.03. The Hall–Kier alpha value is -2.73. The Labute approximate surface area is 154 Å². The van der Waals surface area contributed by atoms with E-state index in [2.05, 4.69) is 36.5 Å². The van der Waals surface area contributed by atoms with E-state index < -0.39 is 0 Å². The molecule has 0 spiro atoms. The largest absolute Gasteiger partial charge is 0.365 e.